The summed E-state index contributed by atoms with van der Waals surface area (Å²) < 4.78 is -0.369. The van der Waals surface area contributed by atoms with Crippen LogP contribution in [0.4, 0.5) is 4.79 Å². The minimum Gasteiger partial charge on any atom is -0.269 e. The third kappa shape index (κ3) is 1.66. The Balaban J connectivity index is 2.15. The van der Waals surface area contributed by atoms with Gasteiger partial charge in [0.15, 0.2) is 0 Å². The molecule has 1 spiro atoms. The van der Waals surface area contributed by atoms with Crippen LogP contribution in [-0.2, 0) is 9.63 Å². The Bertz CT molecular complexity index is 354. The molecular weight excluding hydrogens is 202 g/mol. The van der Waals surface area contributed by atoms with Crippen molar-refractivity contribution in [1.82, 2.24) is 5.32 Å². The van der Waals surface area contributed by atoms with E-state index in [2.05, 4.69) is 10.5 Å². The van der Waals surface area contributed by atoms with E-state index in [1.807, 2.05) is 0 Å². The van der Waals surface area contributed by atoms with E-state index in [4.69, 9.17) is 4.84 Å². The fourth-order valence-electron chi connectivity index (χ4n) is 1.67. The first-order chi connectivity index (χ1) is 7.16. The van der Waals surface area contributed by atoms with Gasteiger partial charge in [-0.2, -0.15) is 9.74 Å². The van der Waals surface area contributed by atoms with E-state index in [9.17, 15) is 14.5 Å². The maximum atomic E-state index is 11.5. The van der Waals surface area contributed by atoms with Crippen molar-refractivity contribution in [2.45, 2.75) is 12.5 Å². The third-order valence-electron chi connectivity index (χ3n) is 2.44. The van der Waals surface area contributed by atoms with E-state index in [1.165, 1.54) is 12.3 Å². The summed E-state index contributed by atoms with van der Waals surface area (Å²) in [5.74, 6) is -0.454. The Morgan fingerprint density at radius 1 is 1.60 bits per heavy atom. The van der Waals surface area contributed by atoms with Gasteiger partial charge >= 0.3 is 6.03 Å². The largest absolute Gasteiger partial charge is 0.460 e. The first-order valence-corrected chi connectivity index (χ1v) is 4.56. The van der Waals surface area contributed by atoms with Gasteiger partial charge in [-0.1, -0.05) is 9.82 Å². The second-order valence-electron chi connectivity index (χ2n) is 3.46. The minimum atomic E-state index is -0.518. The van der Waals surface area contributed by atoms with Crippen LogP contribution >= 0.6 is 0 Å². The zero-order chi connectivity index (χ0) is 10.9. The zero-order valence-electron chi connectivity index (χ0n) is 7.88. The first-order valence-electron chi connectivity index (χ1n) is 4.56. The SMILES string of the molecule is O=NCC1CC[N+]2(C=CC(=O)NC2=O)O1. The predicted molar refractivity (Wildman–Crippen MR) is 48.0 cm³/mol. The molecule has 0 aromatic carbocycles. The molecule has 0 saturated carbocycles. The van der Waals surface area contributed by atoms with E-state index >= 15 is 0 Å². The monoisotopic (exact) mass is 212 g/mol. The van der Waals surface area contributed by atoms with Crippen LogP contribution < -0.4 is 5.32 Å². The summed E-state index contributed by atoms with van der Waals surface area (Å²) >= 11 is 0. The highest BCUT2D eigenvalue weighted by atomic mass is 16.7. The first kappa shape index (κ1) is 9.94. The number of carbonyl (C=O) groups is 2. The molecular formula is C8H10N3O4+. The quantitative estimate of drug-likeness (QED) is 0.517. The smallest absolute Gasteiger partial charge is 0.269 e. The number of hydrogen-bond donors (Lipinski definition) is 1. The minimum absolute atomic E-state index is 0.0229. The van der Waals surface area contributed by atoms with Crippen molar-refractivity contribution in [2.24, 2.45) is 5.18 Å². The van der Waals surface area contributed by atoms with Crippen LogP contribution in [0.15, 0.2) is 17.5 Å². The Morgan fingerprint density at radius 2 is 2.40 bits per heavy atom. The fourth-order valence-corrected chi connectivity index (χ4v) is 1.67. The molecule has 0 bridgehead atoms. The highest BCUT2D eigenvalue weighted by molar-refractivity contribution is 5.99. The average molecular weight is 212 g/mol. The molecule has 2 rings (SSSR count). The van der Waals surface area contributed by atoms with Crippen molar-refractivity contribution in [3.8, 4) is 0 Å². The maximum Gasteiger partial charge on any atom is 0.460 e. The number of nitrogens with one attached hydrogen (secondary N) is 1. The molecule has 1 fully saturated rings. The van der Waals surface area contributed by atoms with Crippen molar-refractivity contribution in [1.29, 1.82) is 0 Å². The number of imide groups is 1. The van der Waals surface area contributed by atoms with E-state index in [0.717, 1.165) is 0 Å². The molecule has 7 nitrogen and oxygen atoms in total. The molecule has 1 saturated heterocycles. The van der Waals surface area contributed by atoms with Gasteiger partial charge in [0.05, 0.1) is 6.08 Å². The highest BCUT2D eigenvalue weighted by Gasteiger charge is 2.48. The summed E-state index contributed by atoms with van der Waals surface area (Å²) in [4.78, 5) is 37.8. The number of amides is 3. The van der Waals surface area contributed by atoms with E-state index in [0.29, 0.717) is 13.0 Å². The van der Waals surface area contributed by atoms with Crippen LogP contribution in [0.1, 0.15) is 6.42 Å². The lowest BCUT2D eigenvalue weighted by Crippen LogP contribution is -2.55. The molecule has 15 heavy (non-hydrogen) atoms. The number of nitrogens with zero attached hydrogens (tertiary/aromatic N) is 2. The number of hydrogen-bond acceptors (Lipinski definition) is 5. The molecule has 0 aliphatic carbocycles. The fraction of sp³-hybridized carbons (Fsp3) is 0.500. The normalized spacial score (nSPS) is 34.5. The molecule has 2 aliphatic heterocycles. The third-order valence-corrected chi connectivity index (χ3v) is 2.44. The van der Waals surface area contributed by atoms with E-state index < -0.39 is 11.9 Å². The average Bonchev–Trinajstić information content (AvgIpc) is 2.59. The zero-order valence-corrected chi connectivity index (χ0v) is 7.88. The summed E-state index contributed by atoms with van der Waals surface area (Å²) in [5, 5.41) is 4.88. The van der Waals surface area contributed by atoms with Gasteiger partial charge in [-0.3, -0.25) is 4.79 Å². The van der Waals surface area contributed by atoms with Crippen molar-refractivity contribution >= 4 is 11.9 Å². The molecule has 0 aromatic heterocycles. The molecule has 0 aromatic rings. The Hall–Kier alpha value is -1.60. The molecule has 3 amide bonds. The molecule has 2 atom stereocenters. The van der Waals surface area contributed by atoms with Crippen molar-refractivity contribution in [3.05, 3.63) is 17.2 Å². The number of urea groups is 1. The Kier molecular flexibility index (Phi) is 2.33. The summed E-state index contributed by atoms with van der Waals surface area (Å²) in [5.41, 5.74) is 0. The van der Waals surface area contributed by atoms with Crippen molar-refractivity contribution < 1.29 is 19.1 Å². The van der Waals surface area contributed by atoms with Crippen LogP contribution in [0.3, 0.4) is 0 Å². The molecule has 0 radical (unpaired) electrons. The van der Waals surface area contributed by atoms with E-state index in [1.54, 1.807) is 0 Å². The van der Waals surface area contributed by atoms with Gasteiger partial charge in [0, 0.05) is 6.42 Å². The molecule has 2 aliphatic rings. The van der Waals surface area contributed by atoms with Gasteiger partial charge < -0.3 is 0 Å². The Morgan fingerprint density at radius 3 is 3.07 bits per heavy atom. The lowest BCUT2D eigenvalue weighted by Gasteiger charge is -2.25. The van der Waals surface area contributed by atoms with Gasteiger partial charge in [0.25, 0.3) is 5.91 Å². The Labute approximate surface area is 85.2 Å². The standard InChI is InChI=1S/C8H9N3O4/c12-7-2-4-11(8(13)10-7)3-1-6(15-11)5-9-14/h2,4,6H,1,3,5H2/p+1. The van der Waals surface area contributed by atoms with Gasteiger partial charge in [-0.25, -0.2) is 10.1 Å². The number of hydroxylamine groups is 3. The second-order valence-corrected chi connectivity index (χ2v) is 3.46. The second kappa shape index (κ2) is 3.52. The molecule has 2 heterocycles. The van der Waals surface area contributed by atoms with Crippen LogP contribution in [-0.4, -0.2) is 35.8 Å². The maximum absolute atomic E-state index is 11.5. The van der Waals surface area contributed by atoms with Crippen molar-refractivity contribution in [3.63, 3.8) is 0 Å². The van der Waals surface area contributed by atoms with E-state index in [-0.39, 0.29) is 17.3 Å². The lowest BCUT2D eigenvalue weighted by molar-refractivity contribution is -0.988. The summed E-state index contributed by atoms with van der Waals surface area (Å²) in [6, 6.07) is -0.518. The number of quaternary nitrogens is 1. The van der Waals surface area contributed by atoms with Crippen LogP contribution in [0.5, 0.6) is 0 Å². The molecule has 2 unspecified atom stereocenters. The van der Waals surface area contributed by atoms with Gasteiger partial charge in [0.1, 0.15) is 25.4 Å². The summed E-state index contributed by atoms with van der Waals surface area (Å²) in [6.45, 7) is 0.435. The number of nitroso groups, excluding NO2 is 1. The lowest BCUT2D eigenvalue weighted by atomic mass is 10.2. The van der Waals surface area contributed by atoms with Crippen molar-refractivity contribution in [2.75, 3.05) is 13.1 Å². The topological polar surface area (TPSA) is 84.8 Å². The van der Waals surface area contributed by atoms with Gasteiger partial charge in [0.2, 0.25) is 0 Å². The van der Waals surface area contributed by atoms with Gasteiger partial charge in [-0.05, 0) is 0 Å². The van der Waals surface area contributed by atoms with Gasteiger partial charge in [-0.15, -0.1) is 0 Å². The predicted octanol–water partition coefficient (Wildman–Crippen LogP) is 0.0370. The number of rotatable bonds is 2. The molecule has 7 heteroatoms. The summed E-state index contributed by atoms with van der Waals surface area (Å²) in [6.07, 6.45) is 2.85. The van der Waals surface area contributed by atoms with Crippen LogP contribution in [0.2, 0.25) is 0 Å². The summed E-state index contributed by atoms with van der Waals surface area (Å²) in [7, 11) is 0. The number of carbonyl (C=O) groups excluding carboxylic acids is 2. The van der Waals surface area contributed by atoms with Crippen LogP contribution in [0.25, 0.3) is 0 Å². The molecule has 80 valence electrons. The molecule has 1 N–H and O–H groups in total. The highest BCUT2D eigenvalue weighted by Crippen LogP contribution is 2.26. The van der Waals surface area contributed by atoms with Crippen LogP contribution in [0, 0.1) is 4.91 Å².